The first-order valence-electron chi connectivity index (χ1n) is 4.61. The molecule has 1 heterocycles. The van der Waals surface area contributed by atoms with Crippen LogP contribution in [0.2, 0.25) is 0 Å². The lowest BCUT2D eigenvalue weighted by Crippen LogP contribution is -2.11. The fraction of sp³-hybridized carbons (Fsp3) is 0.500. The topological polar surface area (TPSA) is 43.8 Å². The van der Waals surface area contributed by atoms with E-state index in [0.717, 1.165) is 12.8 Å². The van der Waals surface area contributed by atoms with Gasteiger partial charge in [0, 0.05) is 24.4 Å². The summed E-state index contributed by atoms with van der Waals surface area (Å²) in [5.74, 6) is 0. The van der Waals surface area contributed by atoms with E-state index in [1.54, 1.807) is 0 Å². The standard InChI is InChI=1S/C10H17N3/c1-3-4-9(2)13-8-12-7-10(13)5-6-11/h3,7-9H,1,4-6,11H2,2H3. The van der Waals surface area contributed by atoms with Crippen LogP contribution in [0.5, 0.6) is 0 Å². The van der Waals surface area contributed by atoms with Crippen molar-refractivity contribution >= 4 is 0 Å². The van der Waals surface area contributed by atoms with E-state index in [0.29, 0.717) is 12.6 Å². The second kappa shape index (κ2) is 4.82. The summed E-state index contributed by atoms with van der Waals surface area (Å²) in [5.41, 5.74) is 6.71. The van der Waals surface area contributed by atoms with Crippen LogP contribution in [0.3, 0.4) is 0 Å². The summed E-state index contributed by atoms with van der Waals surface area (Å²) in [6.07, 6.45) is 7.53. The molecule has 0 spiro atoms. The van der Waals surface area contributed by atoms with Gasteiger partial charge in [-0.25, -0.2) is 4.98 Å². The zero-order valence-electron chi connectivity index (χ0n) is 8.11. The van der Waals surface area contributed by atoms with Crippen LogP contribution in [0.1, 0.15) is 25.1 Å². The van der Waals surface area contributed by atoms with Gasteiger partial charge in [-0.05, 0) is 19.9 Å². The summed E-state index contributed by atoms with van der Waals surface area (Å²) >= 11 is 0. The minimum Gasteiger partial charge on any atom is -0.331 e. The lowest BCUT2D eigenvalue weighted by atomic mass is 10.2. The number of hydrogen-bond acceptors (Lipinski definition) is 2. The first-order valence-corrected chi connectivity index (χ1v) is 4.61. The van der Waals surface area contributed by atoms with E-state index in [2.05, 4.69) is 23.1 Å². The molecule has 13 heavy (non-hydrogen) atoms. The lowest BCUT2D eigenvalue weighted by molar-refractivity contribution is 0.533. The summed E-state index contributed by atoms with van der Waals surface area (Å²) in [5, 5.41) is 0. The molecule has 0 saturated heterocycles. The Kier molecular flexibility index (Phi) is 3.71. The first kappa shape index (κ1) is 9.99. The Balaban J connectivity index is 2.73. The predicted octanol–water partition coefficient (Wildman–Crippen LogP) is 1.52. The number of imidazole rings is 1. The second-order valence-electron chi connectivity index (χ2n) is 3.20. The lowest BCUT2D eigenvalue weighted by Gasteiger charge is -2.14. The molecule has 1 aromatic rings. The highest BCUT2D eigenvalue weighted by atomic mass is 15.1. The minimum atomic E-state index is 0.432. The van der Waals surface area contributed by atoms with Gasteiger partial charge in [-0.15, -0.1) is 6.58 Å². The molecule has 0 aromatic carbocycles. The Bertz CT molecular complexity index is 265. The highest BCUT2D eigenvalue weighted by Crippen LogP contribution is 2.13. The van der Waals surface area contributed by atoms with Crippen LogP contribution in [0.25, 0.3) is 0 Å². The molecule has 0 radical (unpaired) electrons. The van der Waals surface area contributed by atoms with E-state index in [4.69, 9.17) is 5.73 Å². The third-order valence-corrected chi connectivity index (χ3v) is 2.13. The Labute approximate surface area is 79.3 Å². The summed E-state index contributed by atoms with van der Waals surface area (Å²) in [4.78, 5) is 4.12. The number of nitrogens with zero attached hydrogens (tertiary/aromatic N) is 2. The van der Waals surface area contributed by atoms with E-state index in [9.17, 15) is 0 Å². The Morgan fingerprint density at radius 2 is 2.54 bits per heavy atom. The molecule has 1 aromatic heterocycles. The van der Waals surface area contributed by atoms with Gasteiger partial charge >= 0.3 is 0 Å². The van der Waals surface area contributed by atoms with Crippen LogP contribution >= 0.6 is 0 Å². The number of aromatic nitrogens is 2. The van der Waals surface area contributed by atoms with Crippen molar-refractivity contribution in [3.63, 3.8) is 0 Å². The van der Waals surface area contributed by atoms with Gasteiger partial charge in [-0.1, -0.05) is 6.08 Å². The first-order chi connectivity index (χ1) is 6.29. The van der Waals surface area contributed by atoms with E-state index in [-0.39, 0.29) is 0 Å². The van der Waals surface area contributed by atoms with E-state index in [1.807, 2.05) is 18.6 Å². The average Bonchev–Trinajstić information content (AvgIpc) is 2.54. The number of rotatable bonds is 5. The van der Waals surface area contributed by atoms with Gasteiger partial charge in [-0.2, -0.15) is 0 Å². The molecule has 1 atom stereocenters. The van der Waals surface area contributed by atoms with Crippen molar-refractivity contribution in [2.45, 2.75) is 25.8 Å². The van der Waals surface area contributed by atoms with Gasteiger partial charge in [-0.3, -0.25) is 0 Å². The van der Waals surface area contributed by atoms with Crippen molar-refractivity contribution < 1.29 is 0 Å². The Morgan fingerprint density at radius 1 is 1.77 bits per heavy atom. The molecule has 1 unspecified atom stereocenters. The molecule has 0 saturated carbocycles. The van der Waals surface area contributed by atoms with Gasteiger partial charge in [0.1, 0.15) is 0 Å². The van der Waals surface area contributed by atoms with E-state index >= 15 is 0 Å². The molecule has 1 rings (SSSR count). The fourth-order valence-corrected chi connectivity index (χ4v) is 1.43. The van der Waals surface area contributed by atoms with Crippen molar-refractivity contribution in [3.8, 4) is 0 Å². The monoisotopic (exact) mass is 179 g/mol. The maximum Gasteiger partial charge on any atom is 0.0950 e. The van der Waals surface area contributed by atoms with Crippen molar-refractivity contribution in [2.24, 2.45) is 5.73 Å². The van der Waals surface area contributed by atoms with Crippen LogP contribution < -0.4 is 5.73 Å². The van der Waals surface area contributed by atoms with Crippen LogP contribution in [-0.4, -0.2) is 16.1 Å². The third kappa shape index (κ3) is 2.42. The molecular formula is C10H17N3. The van der Waals surface area contributed by atoms with E-state index in [1.165, 1.54) is 5.69 Å². The number of allylic oxidation sites excluding steroid dienone is 1. The largest absolute Gasteiger partial charge is 0.331 e. The summed E-state index contributed by atoms with van der Waals surface area (Å²) in [7, 11) is 0. The smallest absolute Gasteiger partial charge is 0.0950 e. The van der Waals surface area contributed by atoms with Crippen LogP contribution in [0.15, 0.2) is 25.2 Å². The minimum absolute atomic E-state index is 0.432. The van der Waals surface area contributed by atoms with Crippen molar-refractivity contribution in [1.82, 2.24) is 9.55 Å². The normalized spacial score (nSPS) is 12.8. The molecule has 0 aliphatic rings. The molecule has 72 valence electrons. The zero-order chi connectivity index (χ0) is 9.68. The zero-order valence-corrected chi connectivity index (χ0v) is 8.11. The van der Waals surface area contributed by atoms with Gasteiger partial charge in [0.15, 0.2) is 0 Å². The molecule has 0 bridgehead atoms. The number of nitrogens with two attached hydrogens (primary N) is 1. The Hall–Kier alpha value is -1.09. The molecule has 0 aliphatic heterocycles. The fourth-order valence-electron chi connectivity index (χ4n) is 1.43. The SMILES string of the molecule is C=CCC(C)n1cncc1CCN. The van der Waals surface area contributed by atoms with Crippen LogP contribution in [0, 0.1) is 0 Å². The van der Waals surface area contributed by atoms with E-state index < -0.39 is 0 Å². The highest BCUT2D eigenvalue weighted by molar-refractivity contribution is 5.01. The van der Waals surface area contributed by atoms with Gasteiger partial charge in [0.2, 0.25) is 0 Å². The molecule has 0 fully saturated rings. The van der Waals surface area contributed by atoms with Crippen LogP contribution in [0.4, 0.5) is 0 Å². The molecule has 3 heteroatoms. The summed E-state index contributed by atoms with van der Waals surface area (Å²) in [6, 6.07) is 0.432. The summed E-state index contributed by atoms with van der Waals surface area (Å²) in [6.45, 7) is 6.56. The highest BCUT2D eigenvalue weighted by Gasteiger charge is 2.06. The summed E-state index contributed by atoms with van der Waals surface area (Å²) < 4.78 is 2.16. The molecule has 0 aliphatic carbocycles. The number of hydrogen-bond donors (Lipinski definition) is 1. The quantitative estimate of drug-likeness (QED) is 0.696. The van der Waals surface area contributed by atoms with Gasteiger partial charge < -0.3 is 10.3 Å². The van der Waals surface area contributed by atoms with Crippen LogP contribution in [-0.2, 0) is 6.42 Å². The van der Waals surface area contributed by atoms with Crippen molar-refractivity contribution in [1.29, 1.82) is 0 Å². The molecule has 0 amide bonds. The predicted molar refractivity (Wildman–Crippen MR) is 54.5 cm³/mol. The average molecular weight is 179 g/mol. The molecule has 3 nitrogen and oxygen atoms in total. The maximum atomic E-state index is 5.50. The van der Waals surface area contributed by atoms with Crippen molar-refractivity contribution in [2.75, 3.05) is 6.54 Å². The van der Waals surface area contributed by atoms with Crippen molar-refractivity contribution in [3.05, 3.63) is 30.9 Å². The Morgan fingerprint density at radius 3 is 3.15 bits per heavy atom. The molecular weight excluding hydrogens is 162 g/mol. The maximum absolute atomic E-state index is 5.50. The van der Waals surface area contributed by atoms with Gasteiger partial charge in [0.25, 0.3) is 0 Å². The van der Waals surface area contributed by atoms with Gasteiger partial charge in [0.05, 0.1) is 6.33 Å². The molecule has 2 N–H and O–H groups in total. The third-order valence-electron chi connectivity index (χ3n) is 2.13. The second-order valence-corrected chi connectivity index (χ2v) is 3.20.